The number of amides is 2. The number of hydrogen-bond donors (Lipinski definition) is 2. The molecule has 0 bridgehead atoms. The summed E-state index contributed by atoms with van der Waals surface area (Å²) in [6.07, 6.45) is 37.4. The van der Waals surface area contributed by atoms with Crippen LogP contribution in [0.4, 0.5) is 0 Å². The first-order valence-corrected chi connectivity index (χ1v) is 61.5. The number of halogens is 2. The van der Waals surface area contributed by atoms with E-state index in [0.717, 1.165) is 177 Å². The standard InChI is InChI=1S/C36H70N2O5.C26H49NO4.C20H38O4.C19H40.C2H6I2/c1-11-22-41-36(38(26(4)5)27(6)7)42-32-24-31(12-2)37(25-32)34(39)21-19-17-15-14-16-18-20-23-40-35-30(10)28(8)29(9)33(13-3)43-35;1-6-22-17-23(28)18-27(22)25(29)15-13-11-9-8-10-12-14-16-30-26-21(5)19(3)20(4)24(7-2)31-26;1-5-18-16(3)15(2)17(4)20(24-18)23-14-12-10-8-6-7-9-11-13-19(21)22;1-10-11-12-17(18(13(2)3)14(4)5)19(15(6)7)16(8)9;1-4(2)3/h26-33,35-36H,11-25H2,1-10H3;19-24,26,28H,6-18H2,1-5H3;15-18,20H,5-14H2,1-4H3,(H,21,22);13-19H,10-12H2,1-9H3;1-2H3/t28?,29?,30?,31-,32+,33?,35?,36?;19?,20?,21?,22-,23+,24?,26?;;;/m11.../s1. The van der Waals surface area contributed by atoms with Crippen molar-refractivity contribution in [1.82, 2.24) is 14.7 Å². The summed E-state index contributed by atoms with van der Waals surface area (Å²) in [6, 6.07) is 1.14. The summed E-state index contributed by atoms with van der Waals surface area (Å²) in [5, 5.41) is 18.4. The van der Waals surface area contributed by atoms with Gasteiger partial charge in [0.2, 0.25) is 18.2 Å². The van der Waals surface area contributed by atoms with Crippen molar-refractivity contribution in [2.24, 2.45) is 94.7 Å². The molecule has 2 amide bonds. The second kappa shape index (κ2) is 68.5. The molecule has 0 spiro atoms. The molecule has 2 N–H and O–H groups in total. The van der Waals surface area contributed by atoms with E-state index >= 15 is 0 Å². The van der Waals surface area contributed by atoms with Crippen LogP contribution < -0.4 is 0 Å². The molecule has 121 heavy (non-hydrogen) atoms. The number of hydrogen-bond acceptors (Lipinski definition) is 13. The molecule has 20 atom stereocenters. The number of likely N-dealkylation sites (tertiary alicyclic amines) is 2. The SMILES string of the molecule is CCC1OC(OCCCCCCCCCC(=O)N2C[C@@H](O)C[C@H]2CC)C(C)C(C)C1C.CCC1OC(OCCCCCCCCCC(=O)O)C(C)C(C)C1C.CCCCC(C(C(C)C)C(C)C)C(C(C)C)C(C)C.CCCOC(O[C@H]1C[C@@H](CC)N(C(=O)CCCCCCCCCOC2OC(CC)C(C)C(C)C2C)C1)N(C(C)C)C(C)C.CI(C)I. The Labute approximate surface area is 766 Å². The van der Waals surface area contributed by atoms with Crippen LogP contribution in [0.2, 0.25) is 0 Å². The van der Waals surface area contributed by atoms with Crippen molar-refractivity contribution in [1.29, 1.82) is 0 Å². The van der Waals surface area contributed by atoms with E-state index in [1.54, 1.807) is 0 Å². The minimum absolute atomic E-state index is 0.0210. The normalized spacial score (nSPS) is 27.4. The molecule has 722 valence electrons. The van der Waals surface area contributed by atoms with Gasteiger partial charge in [0.25, 0.3) is 0 Å². The van der Waals surface area contributed by atoms with Gasteiger partial charge in [-0.3, -0.25) is 19.3 Å². The molecular weight excluding hydrogens is 1740 g/mol. The van der Waals surface area contributed by atoms with Crippen LogP contribution in [0.3, 0.4) is 0 Å². The van der Waals surface area contributed by atoms with E-state index in [0.29, 0.717) is 129 Å². The zero-order chi connectivity index (χ0) is 91.4. The van der Waals surface area contributed by atoms with Crippen LogP contribution in [-0.4, -0.2) is 172 Å². The Bertz CT molecular complexity index is 2460. The zero-order valence-corrected chi connectivity index (χ0v) is 89.0. The number of carbonyl (C=O) groups excluding carboxylic acids is 2. The van der Waals surface area contributed by atoms with Gasteiger partial charge in [0.15, 0.2) is 18.9 Å². The van der Waals surface area contributed by atoms with Crippen molar-refractivity contribution >= 4 is 52.2 Å². The maximum atomic E-state index is 13.2. The molecule has 18 heteroatoms. The molecule has 0 aliphatic carbocycles. The van der Waals surface area contributed by atoms with Crippen LogP contribution in [0.15, 0.2) is 0 Å². The number of rotatable bonds is 55. The molecule has 16 unspecified atom stereocenters. The van der Waals surface area contributed by atoms with E-state index < -0.39 is 5.97 Å². The van der Waals surface area contributed by atoms with Gasteiger partial charge in [-0.2, -0.15) is 0 Å². The number of alkyl halides is 2. The predicted molar refractivity (Wildman–Crippen MR) is 529 cm³/mol. The summed E-state index contributed by atoms with van der Waals surface area (Å²) >= 11 is 2.21. The molecule has 0 radical (unpaired) electrons. The summed E-state index contributed by atoms with van der Waals surface area (Å²) < 4.78 is 49.7. The molecule has 0 saturated carbocycles. The number of aliphatic hydroxyl groups is 1. The Morgan fingerprint density at radius 1 is 0.413 bits per heavy atom. The van der Waals surface area contributed by atoms with Gasteiger partial charge in [-0.15, -0.1) is 0 Å². The van der Waals surface area contributed by atoms with Crippen LogP contribution in [0.1, 0.15) is 419 Å². The van der Waals surface area contributed by atoms with Gasteiger partial charge in [-0.05, 0) is 201 Å². The Kier molecular flexibility index (Phi) is 67.1. The number of nitrogens with zero attached hydrogens (tertiary/aromatic N) is 3. The van der Waals surface area contributed by atoms with Gasteiger partial charge >= 0.3 is 50.3 Å². The third kappa shape index (κ3) is 46.4. The topological polar surface area (TPSA) is 175 Å². The number of aliphatic carboxylic acids is 1. The van der Waals surface area contributed by atoms with E-state index in [2.05, 4.69) is 232 Å². The molecule has 5 saturated heterocycles. The predicted octanol–water partition coefficient (Wildman–Crippen LogP) is 27.9. The van der Waals surface area contributed by atoms with Gasteiger partial charge in [-0.25, -0.2) is 0 Å². The number of carboxylic acids is 1. The summed E-state index contributed by atoms with van der Waals surface area (Å²) in [5.41, 5.74) is 0. The Hall–Kier alpha value is -0.530. The Morgan fingerprint density at radius 2 is 0.727 bits per heavy atom. The van der Waals surface area contributed by atoms with Gasteiger partial charge in [-0.1, -0.05) is 275 Å². The summed E-state index contributed by atoms with van der Waals surface area (Å²) in [5.74, 6) is 10.8. The van der Waals surface area contributed by atoms with Crippen LogP contribution in [0.25, 0.3) is 0 Å². The fraction of sp³-hybridized carbons (Fsp3) is 0.971. The molecule has 5 fully saturated rings. The molecule has 16 nitrogen and oxygen atoms in total. The van der Waals surface area contributed by atoms with Gasteiger partial charge < -0.3 is 57.9 Å². The number of ether oxygens (including phenoxy) is 8. The van der Waals surface area contributed by atoms with Crippen molar-refractivity contribution in [3.8, 4) is 0 Å². The first-order chi connectivity index (χ1) is 57.4. The molecule has 5 aliphatic rings. The van der Waals surface area contributed by atoms with Crippen LogP contribution in [0.5, 0.6) is 0 Å². The van der Waals surface area contributed by atoms with Crippen molar-refractivity contribution in [3.63, 3.8) is 0 Å². The summed E-state index contributed by atoms with van der Waals surface area (Å²) in [6.45, 7) is 68.5. The number of carbonyl (C=O) groups is 3. The van der Waals surface area contributed by atoms with Gasteiger partial charge in [0, 0.05) is 94.1 Å². The minimum atomic E-state index is -0.680. The molecule has 5 aliphatic heterocycles. The number of carboxylic acid groups (broad SMARTS) is 1. The van der Waals surface area contributed by atoms with E-state index in [9.17, 15) is 19.5 Å². The molecular formula is C103H203I2N3O13. The Balaban J connectivity index is 0.000000828. The van der Waals surface area contributed by atoms with E-state index in [1.165, 1.54) is 89.9 Å². The van der Waals surface area contributed by atoms with Crippen molar-refractivity contribution in [2.45, 2.75) is 499 Å². The van der Waals surface area contributed by atoms with Gasteiger partial charge in [0.05, 0.1) is 37.1 Å². The monoisotopic (exact) mass is 1940 g/mol. The Morgan fingerprint density at radius 3 is 1.02 bits per heavy atom. The number of aliphatic hydroxyl groups excluding tert-OH is 1. The van der Waals surface area contributed by atoms with Crippen molar-refractivity contribution in [2.75, 3.05) is 49.4 Å². The van der Waals surface area contributed by atoms with E-state index in [-0.39, 0.29) is 71.3 Å². The van der Waals surface area contributed by atoms with Crippen molar-refractivity contribution < 1.29 is 62.5 Å². The zero-order valence-electron chi connectivity index (χ0n) is 84.7. The van der Waals surface area contributed by atoms with Crippen LogP contribution in [0, 0.1) is 94.7 Å². The van der Waals surface area contributed by atoms with Crippen LogP contribution >= 0.6 is 34.5 Å². The second-order valence-corrected chi connectivity index (χ2v) is 55.0. The first-order valence-electron chi connectivity index (χ1n) is 50.9. The third-order valence-corrected chi connectivity index (χ3v) is 28.6. The quantitative estimate of drug-likeness (QED) is 0.0255. The second-order valence-electron chi connectivity index (χ2n) is 40.3. The average molecular weight is 1950 g/mol. The third-order valence-electron chi connectivity index (χ3n) is 28.6. The van der Waals surface area contributed by atoms with Gasteiger partial charge in [0.1, 0.15) is 0 Å². The van der Waals surface area contributed by atoms with Crippen LogP contribution in [-0.2, 0) is 52.3 Å². The number of β-amino-alcohol motifs (C(OH)–C–C–N with tert-alkyl or cyclic N) is 1. The molecule has 5 heterocycles. The summed E-state index contributed by atoms with van der Waals surface area (Å²) in [4.78, 5) is 46.9. The fourth-order valence-corrected chi connectivity index (χ4v) is 20.6. The molecule has 0 aromatic carbocycles. The fourth-order valence-electron chi connectivity index (χ4n) is 20.6. The first kappa shape index (κ1) is 118. The number of unbranched alkanes of at least 4 members (excludes halogenated alkanes) is 19. The van der Waals surface area contributed by atoms with E-state index in [4.69, 9.17) is 43.0 Å². The summed E-state index contributed by atoms with van der Waals surface area (Å²) in [7, 11) is 0. The maximum absolute atomic E-state index is 13.2. The molecule has 5 rings (SSSR count). The van der Waals surface area contributed by atoms with Crippen molar-refractivity contribution in [3.05, 3.63) is 0 Å². The molecule has 0 aromatic heterocycles. The van der Waals surface area contributed by atoms with E-state index in [1.807, 2.05) is 4.90 Å². The molecule has 0 aromatic rings. The average Bonchev–Trinajstić information content (AvgIpc) is 1.51.